The quantitative estimate of drug-likeness (QED) is 0.313. The van der Waals surface area contributed by atoms with Crippen LogP contribution in [-0.2, 0) is 0 Å². The lowest BCUT2D eigenvalue weighted by Crippen LogP contribution is -2.07. The van der Waals surface area contributed by atoms with Crippen LogP contribution in [0.3, 0.4) is 0 Å². The molecule has 0 aliphatic carbocycles. The number of allylic oxidation sites excluding steroid dienone is 1. The van der Waals surface area contributed by atoms with E-state index in [0.29, 0.717) is 10.1 Å². The molecule has 1 aromatic heterocycles. The van der Waals surface area contributed by atoms with Gasteiger partial charge in [0.05, 0.1) is 15.3 Å². The zero-order valence-corrected chi connectivity index (χ0v) is 14.4. The summed E-state index contributed by atoms with van der Waals surface area (Å²) in [4.78, 5) is 26.2. The minimum Gasteiger partial charge on any atom is -0.506 e. The first-order valence-electron chi connectivity index (χ1n) is 7.10. The third kappa shape index (κ3) is 3.13. The molecular weight excluding hydrogens is 378 g/mol. The predicted molar refractivity (Wildman–Crippen MR) is 99.1 cm³/mol. The molecular formula is C17H8ClN3O4S. The molecule has 0 aliphatic rings. The molecule has 0 bridgehead atoms. The second kappa shape index (κ2) is 6.92. The van der Waals surface area contributed by atoms with Crippen molar-refractivity contribution in [2.24, 2.45) is 0 Å². The van der Waals surface area contributed by atoms with Crippen molar-refractivity contribution in [3.8, 4) is 6.07 Å². The molecule has 3 rings (SSSR count). The SMILES string of the molecule is N#CC(=C(O)c1ccc([N+](=O)[O-])cc1Cl)c1nc(=O)c2ccccc2s1. The van der Waals surface area contributed by atoms with Crippen LogP contribution in [0.2, 0.25) is 5.02 Å². The largest absolute Gasteiger partial charge is 0.506 e. The van der Waals surface area contributed by atoms with Gasteiger partial charge in [-0.1, -0.05) is 23.7 Å². The molecule has 7 nitrogen and oxygen atoms in total. The van der Waals surface area contributed by atoms with E-state index in [1.807, 2.05) is 6.07 Å². The van der Waals surface area contributed by atoms with Crippen LogP contribution in [0.25, 0.3) is 21.4 Å². The van der Waals surface area contributed by atoms with Gasteiger partial charge in [-0.3, -0.25) is 14.9 Å². The Morgan fingerprint density at radius 3 is 2.69 bits per heavy atom. The van der Waals surface area contributed by atoms with Crippen LogP contribution in [0.5, 0.6) is 0 Å². The molecule has 0 atom stereocenters. The van der Waals surface area contributed by atoms with Gasteiger partial charge in [-0.15, -0.1) is 11.3 Å². The molecule has 0 spiro atoms. The molecule has 0 aliphatic heterocycles. The molecule has 3 aromatic rings. The summed E-state index contributed by atoms with van der Waals surface area (Å²) in [5.41, 5.74) is -0.986. The summed E-state index contributed by atoms with van der Waals surface area (Å²) in [6, 6.07) is 12.0. The van der Waals surface area contributed by atoms with Crippen molar-refractivity contribution >= 4 is 50.0 Å². The predicted octanol–water partition coefficient (Wildman–Crippen LogP) is 4.17. The molecule has 0 saturated heterocycles. The number of hydrogen-bond acceptors (Lipinski definition) is 7. The number of fused-ring (bicyclic) bond motifs is 1. The normalized spacial score (nSPS) is 11.7. The number of hydrogen-bond donors (Lipinski definition) is 1. The van der Waals surface area contributed by atoms with E-state index in [2.05, 4.69) is 4.98 Å². The van der Waals surface area contributed by atoms with Crippen molar-refractivity contribution in [2.75, 3.05) is 0 Å². The molecule has 0 amide bonds. The second-order valence-corrected chi connectivity index (χ2v) is 6.51. The third-order valence-corrected chi connectivity index (χ3v) is 4.89. The number of benzene rings is 2. The van der Waals surface area contributed by atoms with E-state index < -0.39 is 16.2 Å². The lowest BCUT2D eigenvalue weighted by atomic mass is 10.1. The fourth-order valence-corrected chi connectivity index (χ4v) is 3.52. The van der Waals surface area contributed by atoms with Gasteiger partial charge >= 0.3 is 0 Å². The molecule has 0 fully saturated rings. The monoisotopic (exact) mass is 385 g/mol. The fourth-order valence-electron chi connectivity index (χ4n) is 2.27. The van der Waals surface area contributed by atoms with Crippen LogP contribution in [0, 0.1) is 21.4 Å². The zero-order valence-electron chi connectivity index (χ0n) is 12.8. The summed E-state index contributed by atoms with van der Waals surface area (Å²) in [7, 11) is 0. The van der Waals surface area contributed by atoms with Crippen molar-refractivity contribution < 1.29 is 10.0 Å². The van der Waals surface area contributed by atoms with E-state index in [-0.39, 0.29) is 26.9 Å². The molecule has 0 saturated carbocycles. The minimum absolute atomic E-state index is 0.0307. The first-order valence-corrected chi connectivity index (χ1v) is 8.29. The number of nitro groups is 1. The Kier molecular flexibility index (Phi) is 4.67. The van der Waals surface area contributed by atoms with Crippen LogP contribution in [0.4, 0.5) is 5.69 Å². The first-order chi connectivity index (χ1) is 12.4. The Morgan fingerprint density at radius 2 is 2.04 bits per heavy atom. The highest BCUT2D eigenvalue weighted by Crippen LogP contribution is 2.32. The number of halogens is 1. The van der Waals surface area contributed by atoms with Crippen molar-refractivity contribution in [3.05, 3.63) is 78.5 Å². The topological polar surface area (TPSA) is 117 Å². The third-order valence-electron chi connectivity index (χ3n) is 3.51. The number of rotatable bonds is 3. The fraction of sp³-hybridized carbons (Fsp3) is 0. The summed E-state index contributed by atoms with van der Waals surface area (Å²) < 4.78 is 0.609. The Morgan fingerprint density at radius 1 is 1.31 bits per heavy atom. The summed E-state index contributed by atoms with van der Waals surface area (Å²) in [5.74, 6) is -0.508. The summed E-state index contributed by atoms with van der Waals surface area (Å²) in [5, 5.41) is 31.1. The summed E-state index contributed by atoms with van der Waals surface area (Å²) >= 11 is 7.06. The minimum atomic E-state index is -0.627. The summed E-state index contributed by atoms with van der Waals surface area (Å²) in [6.45, 7) is 0. The molecule has 2 aromatic carbocycles. The number of aliphatic hydroxyl groups is 1. The molecule has 0 unspecified atom stereocenters. The van der Waals surface area contributed by atoms with E-state index in [0.717, 1.165) is 23.5 Å². The lowest BCUT2D eigenvalue weighted by Gasteiger charge is -2.06. The van der Waals surface area contributed by atoms with Crippen molar-refractivity contribution in [3.63, 3.8) is 0 Å². The van der Waals surface area contributed by atoms with Gasteiger partial charge in [-0.2, -0.15) is 10.2 Å². The molecule has 1 N–H and O–H groups in total. The van der Waals surface area contributed by atoms with E-state index in [1.165, 1.54) is 6.07 Å². The van der Waals surface area contributed by atoms with Crippen molar-refractivity contribution in [1.29, 1.82) is 5.26 Å². The number of nitro benzene ring substituents is 1. The number of aliphatic hydroxyl groups excluding tert-OH is 1. The molecule has 26 heavy (non-hydrogen) atoms. The first kappa shape index (κ1) is 17.5. The van der Waals surface area contributed by atoms with Crippen molar-refractivity contribution in [2.45, 2.75) is 0 Å². The van der Waals surface area contributed by atoms with Gasteiger partial charge in [0.1, 0.15) is 22.4 Å². The van der Waals surface area contributed by atoms with Crippen LogP contribution in [0.1, 0.15) is 10.6 Å². The molecule has 9 heteroatoms. The Labute approximate surface area is 155 Å². The highest BCUT2D eigenvalue weighted by atomic mass is 35.5. The Bertz CT molecular complexity index is 1180. The molecule has 128 valence electrons. The molecule has 0 radical (unpaired) electrons. The van der Waals surface area contributed by atoms with Crippen molar-refractivity contribution in [1.82, 2.24) is 4.98 Å². The van der Waals surface area contributed by atoms with Crippen LogP contribution in [0.15, 0.2) is 47.3 Å². The van der Waals surface area contributed by atoms with Gasteiger partial charge in [0, 0.05) is 22.4 Å². The Balaban J connectivity index is 2.21. The van der Waals surface area contributed by atoms with Gasteiger partial charge in [0.15, 0.2) is 0 Å². The maximum Gasteiger partial charge on any atom is 0.279 e. The van der Waals surface area contributed by atoms with Gasteiger partial charge < -0.3 is 5.11 Å². The van der Waals surface area contributed by atoms with Crippen LogP contribution in [-0.4, -0.2) is 15.0 Å². The van der Waals surface area contributed by atoms with E-state index in [4.69, 9.17) is 11.6 Å². The maximum absolute atomic E-state index is 12.1. The zero-order chi connectivity index (χ0) is 18.8. The van der Waals surface area contributed by atoms with E-state index in [9.17, 15) is 25.3 Å². The molecule has 1 heterocycles. The van der Waals surface area contributed by atoms with Gasteiger partial charge in [-0.25, -0.2) is 0 Å². The van der Waals surface area contributed by atoms with Crippen LogP contribution < -0.4 is 5.56 Å². The summed E-state index contributed by atoms with van der Waals surface area (Å²) in [6.07, 6.45) is 0. The lowest BCUT2D eigenvalue weighted by molar-refractivity contribution is -0.384. The van der Waals surface area contributed by atoms with Gasteiger partial charge in [0.2, 0.25) is 0 Å². The van der Waals surface area contributed by atoms with E-state index in [1.54, 1.807) is 24.3 Å². The van der Waals surface area contributed by atoms with Gasteiger partial charge in [0.25, 0.3) is 11.2 Å². The van der Waals surface area contributed by atoms with E-state index >= 15 is 0 Å². The number of nitriles is 1. The maximum atomic E-state index is 12.1. The smallest absolute Gasteiger partial charge is 0.279 e. The number of nitrogens with zero attached hydrogens (tertiary/aromatic N) is 3. The second-order valence-electron chi connectivity index (χ2n) is 5.08. The Hall–Kier alpha value is -3.28. The average molecular weight is 386 g/mol. The van der Waals surface area contributed by atoms with Gasteiger partial charge in [-0.05, 0) is 18.2 Å². The standard InChI is InChI=1S/C17H8ClN3O4S/c18-13-7-9(21(24)25)5-6-10(13)15(22)12(8-19)17-20-16(23)11-3-1-2-4-14(11)26-17/h1-7,22H. The number of aromatic nitrogens is 1. The average Bonchev–Trinajstić information content (AvgIpc) is 2.62. The number of non-ortho nitro benzene ring substituents is 1. The highest BCUT2D eigenvalue weighted by molar-refractivity contribution is 7.19. The van der Waals surface area contributed by atoms with Crippen LogP contribution >= 0.6 is 22.9 Å². The highest BCUT2D eigenvalue weighted by Gasteiger charge is 2.19.